The van der Waals surface area contributed by atoms with E-state index in [2.05, 4.69) is 10.1 Å². The smallest absolute Gasteiger partial charge is 0.0679 e. The summed E-state index contributed by atoms with van der Waals surface area (Å²) in [4.78, 5) is 4.02. The predicted molar refractivity (Wildman–Crippen MR) is 61.2 cm³/mol. The molecule has 0 spiro atoms. The molecule has 1 atom stereocenters. The van der Waals surface area contributed by atoms with Gasteiger partial charge in [0.2, 0.25) is 0 Å². The van der Waals surface area contributed by atoms with Crippen LogP contribution in [0.1, 0.15) is 30.1 Å². The van der Waals surface area contributed by atoms with E-state index in [0.717, 1.165) is 24.9 Å². The zero-order valence-corrected chi connectivity index (χ0v) is 9.00. The third kappa shape index (κ3) is 1.42. The van der Waals surface area contributed by atoms with Crippen LogP contribution in [0.5, 0.6) is 0 Å². The number of fused-ring (bicyclic) bond motifs is 1. The van der Waals surface area contributed by atoms with Crippen molar-refractivity contribution in [3.8, 4) is 5.69 Å². The molecule has 3 rings (SSSR count). The highest BCUT2D eigenvalue weighted by atomic mass is 15.3. The minimum absolute atomic E-state index is 0.152. The van der Waals surface area contributed by atoms with Gasteiger partial charge in [-0.25, -0.2) is 4.68 Å². The summed E-state index contributed by atoms with van der Waals surface area (Å²) in [5.74, 6) is 0. The molecule has 1 aliphatic carbocycles. The van der Waals surface area contributed by atoms with E-state index in [1.54, 1.807) is 12.4 Å². The maximum Gasteiger partial charge on any atom is 0.0679 e. The second kappa shape index (κ2) is 3.72. The number of pyridine rings is 1. The maximum atomic E-state index is 6.07. The first kappa shape index (κ1) is 9.54. The first-order valence-corrected chi connectivity index (χ1v) is 5.59. The van der Waals surface area contributed by atoms with Gasteiger partial charge in [0.1, 0.15) is 0 Å². The molecule has 4 nitrogen and oxygen atoms in total. The summed E-state index contributed by atoms with van der Waals surface area (Å²) in [5.41, 5.74) is 9.58. The normalized spacial score (nSPS) is 19.4. The van der Waals surface area contributed by atoms with Gasteiger partial charge in [-0.15, -0.1) is 0 Å². The number of rotatable bonds is 1. The van der Waals surface area contributed by atoms with E-state index in [-0.39, 0.29) is 6.04 Å². The van der Waals surface area contributed by atoms with Crippen molar-refractivity contribution < 1.29 is 0 Å². The van der Waals surface area contributed by atoms with Crippen LogP contribution in [0.2, 0.25) is 0 Å². The molecule has 0 fully saturated rings. The Balaban J connectivity index is 2.10. The van der Waals surface area contributed by atoms with Crippen LogP contribution in [-0.4, -0.2) is 14.8 Å². The molecule has 1 aliphatic rings. The molecular weight excluding hydrogens is 200 g/mol. The van der Waals surface area contributed by atoms with Crippen molar-refractivity contribution in [1.29, 1.82) is 0 Å². The van der Waals surface area contributed by atoms with Crippen molar-refractivity contribution in [2.24, 2.45) is 5.73 Å². The second-order valence-electron chi connectivity index (χ2n) is 4.16. The van der Waals surface area contributed by atoms with Crippen LogP contribution in [0.4, 0.5) is 0 Å². The van der Waals surface area contributed by atoms with Gasteiger partial charge in [0.25, 0.3) is 0 Å². The summed E-state index contributed by atoms with van der Waals surface area (Å²) in [6, 6.07) is 4.08. The van der Waals surface area contributed by atoms with E-state index < -0.39 is 0 Å². The molecule has 0 radical (unpaired) electrons. The van der Waals surface area contributed by atoms with Gasteiger partial charge in [-0.3, -0.25) is 4.98 Å². The standard InChI is InChI=1S/C12H14N4/c13-11-2-1-3-12-10(11)8-15-16(12)9-4-6-14-7-5-9/h4-8,11H,1-3,13H2. The Labute approximate surface area is 94.1 Å². The fourth-order valence-corrected chi connectivity index (χ4v) is 2.30. The number of hydrogen-bond donors (Lipinski definition) is 1. The molecule has 0 bridgehead atoms. The highest BCUT2D eigenvalue weighted by Gasteiger charge is 2.21. The van der Waals surface area contributed by atoms with Crippen molar-refractivity contribution in [1.82, 2.24) is 14.8 Å². The summed E-state index contributed by atoms with van der Waals surface area (Å²) in [6.07, 6.45) is 8.74. The Hall–Kier alpha value is -1.68. The van der Waals surface area contributed by atoms with Gasteiger partial charge in [0.05, 0.1) is 11.9 Å². The van der Waals surface area contributed by atoms with Gasteiger partial charge in [0.15, 0.2) is 0 Å². The molecule has 0 aliphatic heterocycles. The Morgan fingerprint density at radius 1 is 1.31 bits per heavy atom. The zero-order chi connectivity index (χ0) is 11.0. The van der Waals surface area contributed by atoms with E-state index >= 15 is 0 Å². The molecule has 4 heteroatoms. The first-order chi connectivity index (χ1) is 7.86. The Morgan fingerprint density at radius 3 is 2.94 bits per heavy atom. The molecule has 2 aromatic rings. The highest BCUT2D eigenvalue weighted by Crippen LogP contribution is 2.28. The molecule has 2 aromatic heterocycles. The van der Waals surface area contributed by atoms with Gasteiger partial charge >= 0.3 is 0 Å². The van der Waals surface area contributed by atoms with Crippen LogP contribution in [-0.2, 0) is 6.42 Å². The SMILES string of the molecule is NC1CCCc2c1cnn2-c1ccncc1. The lowest BCUT2D eigenvalue weighted by Crippen LogP contribution is -2.17. The Morgan fingerprint density at radius 2 is 2.12 bits per heavy atom. The van der Waals surface area contributed by atoms with Gasteiger partial charge in [-0.05, 0) is 31.4 Å². The van der Waals surface area contributed by atoms with Crippen LogP contribution in [0.15, 0.2) is 30.7 Å². The predicted octanol–water partition coefficient (Wildman–Crippen LogP) is 1.60. The van der Waals surface area contributed by atoms with Gasteiger partial charge < -0.3 is 5.73 Å². The molecule has 0 aromatic carbocycles. The molecular formula is C12H14N4. The molecule has 2 heterocycles. The average molecular weight is 214 g/mol. The van der Waals surface area contributed by atoms with Crippen molar-refractivity contribution in [2.75, 3.05) is 0 Å². The summed E-state index contributed by atoms with van der Waals surface area (Å²) in [5, 5.41) is 4.43. The molecule has 1 unspecified atom stereocenters. The fourth-order valence-electron chi connectivity index (χ4n) is 2.30. The lowest BCUT2D eigenvalue weighted by molar-refractivity contribution is 0.558. The number of aromatic nitrogens is 3. The largest absolute Gasteiger partial charge is 0.324 e. The summed E-state index contributed by atoms with van der Waals surface area (Å²) >= 11 is 0. The lowest BCUT2D eigenvalue weighted by Gasteiger charge is -2.19. The average Bonchev–Trinajstić information content (AvgIpc) is 2.75. The topological polar surface area (TPSA) is 56.7 Å². The molecule has 2 N–H and O–H groups in total. The molecule has 0 saturated heterocycles. The molecule has 16 heavy (non-hydrogen) atoms. The summed E-state index contributed by atoms with van der Waals surface area (Å²) in [7, 11) is 0. The Kier molecular flexibility index (Phi) is 2.22. The van der Waals surface area contributed by atoms with Crippen LogP contribution in [0, 0.1) is 0 Å². The van der Waals surface area contributed by atoms with Crippen molar-refractivity contribution in [2.45, 2.75) is 25.3 Å². The lowest BCUT2D eigenvalue weighted by atomic mass is 9.94. The van der Waals surface area contributed by atoms with Crippen molar-refractivity contribution in [3.63, 3.8) is 0 Å². The third-order valence-electron chi connectivity index (χ3n) is 3.14. The first-order valence-electron chi connectivity index (χ1n) is 5.59. The fraction of sp³-hybridized carbons (Fsp3) is 0.333. The molecule has 0 saturated carbocycles. The van der Waals surface area contributed by atoms with Gasteiger partial charge in [-0.1, -0.05) is 0 Å². The van der Waals surface area contributed by atoms with E-state index in [1.165, 1.54) is 11.3 Å². The number of nitrogens with two attached hydrogens (primary N) is 1. The van der Waals surface area contributed by atoms with Crippen LogP contribution in [0.3, 0.4) is 0 Å². The second-order valence-corrected chi connectivity index (χ2v) is 4.16. The molecule has 82 valence electrons. The summed E-state index contributed by atoms with van der Waals surface area (Å²) < 4.78 is 1.98. The van der Waals surface area contributed by atoms with Gasteiger partial charge in [-0.2, -0.15) is 5.10 Å². The Bertz CT molecular complexity index is 489. The number of nitrogens with zero attached hydrogens (tertiary/aromatic N) is 3. The highest BCUT2D eigenvalue weighted by molar-refractivity contribution is 5.35. The van der Waals surface area contributed by atoms with E-state index in [4.69, 9.17) is 5.73 Å². The zero-order valence-electron chi connectivity index (χ0n) is 9.00. The minimum Gasteiger partial charge on any atom is -0.324 e. The minimum atomic E-state index is 0.152. The van der Waals surface area contributed by atoms with E-state index in [0.29, 0.717) is 0 Å². The monoisotopic (exact) mass is 214 g/mol. The third-order valence-corrected chi connectivity index (χ3v) is 3.14. The summed E-state index contributed by atoms with van der Waals surface area (Å²) in [6.45, 7) is 0. The van der Waals surface area contributed by atoms with E-state index in [9.17, 15) is 0 Å². The maximum absolute atomic E-state index is 6.07. The van der Waals surface area contributed by atoms with E-state index in [1.807, 2.05) is 23.0 Å². The van der Waals surface area contributed by atoms with Crippen LogP contribution < -0.4 is 5.73 Å². The van der Waals surface area contributed by atoms with Crippen LogP contribution >= 0.6 is 0 Å². The van der Waals surface area contributed by atoms with Gasteiger partial charge in [0, 0.05) is 29.7 Å². The van der Waals surface area contributed by atoms with Crippen molar-refractivity contribution in [3.05, 3.63) is 42.0 Å². The van der Waals surface area contributed by atoms with Crippen molar-refractivity contribution >= 4 is 0 Å². The molecule has 0 amide bonds. The quantitative estimate of drug-likeness (QED) is 0.784. The number of hydrogen-bond acceptors (Lipinski definition) is 3. The van der Waals surface area contributed by atoms with Crippen LogP contribution in [0.25, 0.3) is 5.69 Å².